The number of hydrogen-bond acceptors (Lipinski definition) is 6. The van der Waals surface area contributed by atoms with Gasteiger partial charge in [0, 0.05) is 68.9 Å². The number of nitrogens with one attached hydrogen (secondary N) is 2. The van der Waals surface area contributed by atoms with Crippen LogP contribution in [0.4, 0.5) is 5.82 Å². The molecule has 1 fully saturated rings. The third kappa shape index (κ3) is 5.39. The zero-order chi connectivity index (χ0) is 25.8. The SMILES string of the molecule is CC(=O)NCc1ccc(-c2nccnc2N2CCN(C(c3ccccc3)c3c(C)n[nH]c3C)CC2)cc1. The molecule has 2 aromatic carbocycles. The van der Waals surface area contributed by atoms with Gasteiger partial charge in [0.15, 0.2) is 5.82 Å². The molecule has 0 saturated carbocycles. The summed E-state index contributed by atoms with van der Waals surface area (Å²) >= 11 is 0. The monoisotopic (exact) mass is 495 g/mol. The van der Waals surface area contributed by atoms with E-state index < -0.39 is 0 Å². The van der Waals surface area contributed by atoms with Crippen molar-refractivity contribution in [2.45, 2.75) is 33.4 Å². The van der Waals surface area contributed by atoms with E-state index in [0.29, 0.717) is 6.54 Å². The Hall–Kier alpha value is -4.04. The number of piperazine rings is 1. The van der Waals surface area contributed by atoms with Crippen LogP contribution in [0.2, 0.25) is 0 Å². The molecule has 4 aromatic rings. The molecule has 1 amide bonds. The van der Waals surface area contributed by atoms with Crippen molar-refractivity contribution >= 4 is 11.7 Å². The van der Waals surface area contributed by atoms with E-state index in [2.05, 4.69) is 81.6 Å². The highest BCUT2D eigenvalue weighted by molar-refractivity contribution is 5.73. The van der Waals surface area contributed by atoms with Gasteiger partial charge in [0.25, 0.3) is 0 Å². The lowest BCUT2D eigenvalue weighted by Crippen LogP contribution is -2.48. The lowest BCUT2D eigenvalue weighted by Gasteiger charge is -2.40. The lowest BCUT2D eigenvalue weighted by atomic mass is 9.95. The minimum absolute atomic E-state index is 0.0352. The Morgan fingerprint density at radius 1 is 0.973 bits per heavy atom. The smallest absolute Gasteiger partial charge is 0.217 e. The molecule has 5 rings (SSSR count). The summed E-state index contributed by atoms with van der Waals surface area (Å²) in [5, 5.41) is 10.5. The van der Waals surface area contributed by atoms with Crippen molar-refractivity contribution in [1.82, 2.24) is 30.4 Å². The first kappa shape index (κ1) is 24.6. The molecule has 0 radical (unpaired) electrons. The number of benzene rings is 2. The van der Waals surface area contributed by atoms with Crippen LogP contribution in [0.3, 0.4) is 0 Å². The first-order chi connectivity index (χ1) is 18.0. The second-order valence-corrected chi connectivity index (χ2v) is 9.52. The van der Waals surface area contributed by atoms with Crippen LogP contribution in [-0.2, 0) is 11.3 Å². The summed E-state index contributed by atoms with van der Waals surface area (Å²) in [6.45, 7) is 9.73. The number of aromatic amines is 1. The Morgan fingerprint density at radius 2 is 1.68 bits per heavy atom. The average molecular weight is 496 g/mol. The molecule has 37 heavy (non-hydrogen) atoms. The van der Waals surface area contributed by atoms with Crippen molar-refractivity contribution in [3.05, 3.63) is 95.1 Å². The molecule has 0 spiro atoms. The Balaban J connectivity index is 1.35. The predicted octanol–water partition coefficient (Wildman–Crippen LogP) is 4.03. The molecule has 1 saturated heterocycles. The quantitative estimate of drug-likeness (QED) is 0.402. The number of carbonyl (C=O) groups excluding carboxylic acids is 1. The van der Waals surface area contributed by atoms with Crippen molar-refractivity contribution in [2.24, 2.45) is 0 Å². The zero-order valence-corrected chi connectivity index (χ0v) is 21.6. The van der Waals surface area contributed by atoms with Gasteiger partial charge in [-0.25, -0.2) is 4.98 Å². The van der Waals surface area contributed by atoms with Crippen LogP contribution in [0.15, 0.2) is 67.0 Å². The van der Waals surface area contributed by atoms with Gasteiger partial charge in [-0.3, -0.25) is 19.8 Å². The number of carbonyl (C=O) groups is 1. The summed E-state index contributed by atoms with van der Waals surface area (Å²) in [5.41, 5.74) is 7.66. The molecule has 1 aliphatic rings. The molecule has 2 aromatic heterocycles. The summed E-state index contributed by atoms with van der Waals surface area (Å²) in [4.78, 5) is 25.5. The van der Waals surface area contributed by atoms with Gasteiger partial charge in [0.2, 0.25) is 5.91 Å². The summed E-state index contributed by atoms with van der Waals surface area (Å²) < 4.78 is 0. The Bertz CT molecular complexity index is 1320. The van der Waals surface area contributed by atoms with Crippen molar-refractivity contribution in [3.63, 3.8) is 0 Å². The molecule has 1 unspecified atom stereocenters. The lowest BCUT2D eigenvalue weighted by molar-refractivity contribution is -0.119. The first-order valence-electron chi connectivity index (χ1n) is 12.7. The van der Waals surface area contributed by atoms with E-state index in [1.165, 1.54) is 18.1 Å². The highest BCUT2D eigenvalue weighted by Crippen LogP contribution is 2.34. The van der Waals surface area contributed by atoms with Gasteiger partial charge in [-0.05, 0) is 25.0 Å². The maximum atomic E-state index is 11.2. The highest BCUT2D eigenvalue weighted by atomic mass is 16.1. The summed E-state index contributed by atoms with van der Waals surface area (Å²) in [7, 11) is 0. The maximum absolute atomic E-state index is 11.2. The van der Waals surface area contributed by atoms with E-state index in [1.54, 1.807) is 12.4 Å². The number of aryl methyl sites for hydroxylation is 2. The molecular weight excluding hydrogens is 462 g/mol. The molecular formula is C29H33N7O. The van der Waals surface area contributed by atoms with Crippen LogP contribution in [0, 0.1) is 13.8 Å². The van der Waals surface area contributed by atoms with Gasteiger partial charge in [-0.1, -0.05) is 54.6 Å². The standard InChI is InChI=1S/C29H33N7O/c1-20-26(21(2)34-33-20)28(25-7-5-4-6-8-25)35-15-17-36(18-16-35)29-27(30-13-14-31-29)24-11-9-23(10-12-24)19-32-22(3)37/h4-14,28H,15-19H2,1-3H3,(H,32,37)(H,33,34). The molecule has 8 nitrogen and oxygen atoms in total. The largest absolute Gasteiger partial charge is 0.352 e. The summed E-state index contributed by atoms with van der Waals surface area (Å²) in [6.07, 6.45) is 3.51. The number of hydrogen-bond donors (Lipinski definition) is 2. The van der Waals surface area contributed by atoms with Crippen LogP contribution >= 0.6 is 0 Å². The van der Waals surface area contributed by atoms with E-state index in [4.69, 9.17) is 9.97 Å². The van der Waals surface area contributed by atoms with Crippen molar-refractivity contribution in [2.75, 3.05) is 31.1 Å². The number of nitrogens with zero attached hydrogens (tertiary/aromatic N) is 5. The Kier molecular flexibility index (Phi) is 7.28. The van der Waals surface area contributed by atoms with Gasteiger partial charge in [0.1, 0.15) is 5.69 Å². The Labute approximate surface area is 217 Å². The van der Waals surface area contributed by atoms with Gasteiger partial charge < -0.3 is 10.2 Å². The summed E-state index contributed by atoms with van der Waals surface area (Å²) in [6, 6.07) is 19.0. The Morgan fingerprint density at radius 3 is 2.32 bits per heavy atom. The molecule has 0 bridgehead atoms. The molecule has 0 aliphatic carbocycles. The van der Waals surface area contributed by atoms with Crippen LogP contribution in [0.5, 0.6) is 0 Å². The minimum atomic E-state index is -0.0352. The van der Waals surface area contributed by atoms with Crippen LogP contribution in [0.1, 0.15) is 41.0 Å². The molecule has 190 valence electrons. The van der Waals surface area contributed by atoms with E-state index >= 15 is 0 Å². The number of rotatable bonds is 7. The topological polar surface area (TPSA) is 90.0 Å². The minimum Gasteiger partial charge on any atom is -0.352 e. The van der Waals surface area contributed by atoms with Gasteiger partial charge >= 0.3 is 0 Å². The fourth-order valence-electron chi connectivity index (χ4n) is 5.12. The number of H-pyrrole nitrogens is 1. The van der Waals surface area contributed by atoms with Crippen molar-refractivity contribution in [3.8, 4) is 11.3 Å². The maximum Gasteiger partial charge on any atom is 0.217 e. The van der Waals surface area contributed by atoms with Crippen molar-refractivity contribution in [1.29, 1.82) is 0 Å². The summed E-state index contributed by atoms with van der Waals surface area (Å²) in [5.74, 6) is 0.871. The number of amides is 1. The normalized spacial score (nSPS) is 14.9. The van der Waals surface area contributed by atoms with Crippen LogP contribution < -0.4 is 10.2 Å². The molecule has 8 heteroatoms. The van der Waals surface area contributed by atoms with Gasteiger partial charge in [0.05, 0.1) is 11.7 Å². The van der Waals surface area contributed by atoms with Crippen LogP contribution in [-0.4, -0.2) is 57.2 Å². The molecule has 2 N–H and O–H groups in total. The van der Waals surface area contributed by atoms with Gasteiger partial charge in [-0.2, -0.15) is 5.10 Å². The fraction of sp³-hybridized carbons (Fsp3) is 0.310. The van der Waals surface area contributed by atoms with E-state index in [9.17, 15) is 4.79 Å². The second kappa shape index (κ2) is 10.9. The van der Waals surface area contributed by atoms with E-state index in [1.807, 2.05) is 12.1 Å². The predicted molar refractivity (Wildman–Crippen MR) is 145 cm³/mol. The van der Waals surface area contributed by atoms with Gasteiger partial charge in [-0.15, -0.1) is 0 Å². The highest BCUT2D eigenvalue weighted by Gasteiger charge is 2.30. The third-order valence-electron chi connectivity index (χ3n) is 7.00. The van der Waals surface area contributed by atoms with E-state index in [0.717, 1.165) is 60.2 Å². The fourth-order valence-corrected chi connectivity index (χ4v) is 5.12. The second-order valence-electron chi connectivity index (χ2n) is 9.52. The first-order valence-corrected chi connectivity index (χ1v) is 12.7. The molecule has 1 aliphatic heterocycles. The molecule has 1 atom stereocenters. The third-order valence-corrected chi connectivity index (χ3v) is 7.00. The van der Waals surface area contributed by atoms with Crippen LogP contribution in [0.25, 0.3) is 11.3 Å². The number of anilines is 1. The number of aromatic nitrogens is 4. The average Bonchev–Trinajstić information content (AvgIpc) is 3.26. The van der Waals surface area contributed by atoms with E-state index in [-0.39, 0.29) is 11.9 Å². The zero-order valence-electron chi connectivity index (χ0n) is 21.6. The molecule has 3 heterocycles. The van der Waals surface area contributed by atoms with Crippen molar-refractivity contribution < 1.29 is 4.79 Å².